The van der Waals surface area contributed by atoms with Gasteiger partial charge in [0.15, 0.2) is 0 Å². The van der Waals surface area contributed by atoms with E-state index in [1.165, 1.54) is 25.7 Å². The zero-order valence-electron chi connectivity index (χ0n) is 6.23. The third-order valence-corrected chi connectivity index (χ3v) is 2.44. The number of hydrogen-bond donors (Lipinski definition) is 1. The van der Waals surface area contributed by atoms with Gasteiger partial charge in [0.2, 0.25) is 0 Å². The molecule has 2 aliphatic heterocycles. The van der Waals surface area contributed by atoms with Crippen LogP contribution in [0.25, 0.3) is 0 Å². The first kappa shape index (κ1) is 6.62. The third kappa shape index (κ3) is 1.06. The van der Waals surface area contributed by atoms with E-state index in [1.807, 2.05) is 0 Å². The average Bonchev–Trinajstić information content (AvgIpc) is 2.39. The molecular weight excluding hydrogens is 126 g/mol. The van der Waals surface area contributed by atoms with Crippen molar-refractivity contribution in [3.05, 3.63) is 6.54 Å². The van der Waals surface area contributed by atoms with Gasteiger partial charge in [0.1, 0.15) is 0 Å². The Balaban J connectivity index is 1.98. The molecule has 2 aliphatic rings. The van der Waals surface area contributed by atoms with Crippen LogP contribution in [-0.4, -0.2) is 18.8 Å². The maximum atomic E-state index is 5.71. The maximum Gasteiger partial charge on any atom is 0.0863 e. The van der Waals surface area contributed by atoms with Crippen LogP contribution in [0.3, 0.4) is 0 Å². The summed E-state index contributed by atoms with van der Waals surface area (Å²) in [5.74, 6) is 0. The van der Waals surface area contributed by atoms with Crippen molar-refractivity contribution in [1.82, 2.24) is 5.32 Å². The summed E-state index contributed by atoms with van der Waals surface area (Å²) in [4.78, 5) is 0. The second-order valence-electron chi connectivity index (χ2n) is 3.22. The summed E-state index contributed by atoms with van der Waals surface area (Å²) in [6.07, 6.45) is 4.97. The van der Waals surface area contributed by atoms with E-state index in [0.717, 1.165) is 13.2 Å². The quantitative estimate of drug-likeness (QED) is 0.543. The number of nitrogens with one attached hydrogen (secondary N) is 1. The Morgan fingerprint density at radius 3 is 2.90 bits per heavy atom. The van der Waals surface area contributed by atoms with E-state index < -0.39 is 0 Å². The summed E-state index contributed by atoms with van der Waals surface area (Å²) in [5.41, 5.74) is 0.137. The predicted octanol–water partition coefficient (Wildman–Crippen LogP) is 1.08. The largest absolute Gasteiger partial charge is 0.373 e. The Morgan fingerprint density at radius 2 is 2.30 bits per heavy atom. The SMILES string of the molecule is [CH]1NCCC12CCCCO2. The minimum absolute atomic E-state index is 0.137. The van der Waals surface area contributed by atoms with E-state index in [0.29, 0.717) is 0 Å². The molecule has 2 heterocycles. The molecule has 2 heteroatoms. The highest BCUT2D eigenvalue weighted by Crippen LogP contribution is 2.32. The van der Waals surface area contributed by atoms with E-state index in [2.05, 4.69) is 11.9 Å². The lowest BCUT2D eigenvalue weighted by Gasteiger charge is -2.32. The van der Waals surface area contributed by atoms with Gasteiger partial charge < -0.3 is 10.1 Å². The van der Waals surface area contributed by atoms with Crippen LogP contribution in [0.4, 0.5) is 0 Å². The van der Waals surface area contributed by atoms with Gasteiger partial charge >= 0.3 is 0 Å². The van der Waals surface area contributed by atoms with Gasteiger partial charge in [0.05, 0.1) is 12.1 Å². The molecule has 0 aromatic rings. The van der Waals surface area contributed by atoms with Crippen LogP contribution in [0.2, 0.25) is 0 Å². The lowest BCUT2D eigenvalue weighted by atomic mass is 9.93. The van der Waals surface area contributed by atoms with Crippen LogP contribution in [0.1, 0.15) is 25.7 Å². The van der Waals surface area contributed by atoms with Crippen molar-refractivity contribution in [2.45, 2.75) is 31.3 Å². The van der Waals surface area contributed by atoms with Crippen molar-refractivity contribution in [2.75, 3.05) is 13.2 Å². The summed E-state index contributed by atoms with van der Waals surface area (Å²) in [6.45, 7) is 4.20. The smallest absolute Gasteiger partial charge is 0.0863 e. The second-order valence-corrected chi connectivity index (χ2v) is 3.22. The number of rotatable bonds is 0. The molecule has 0 aliphatic carbocycles. The fourth-order valence-corrected chi connectivity index (χ4v) is 1.80. The molecule has 0 saturated carbocycles. The summed E-state index contributed by atoms with van der Waals surface area (Å²) < 4.78 is 5.71. The Kier molecular flexibility index (Phi) is 1.66. The van der Waals surface area contributed by atoms with Gasteiger partial charge in [0, 0.05) is 6.61 Å². The second kappa shape index (κ2) is 2.51. The van der Waals surface area contributed by atoms with Crippen LogP contribution in [0, 0.1) is 6.54 Å². The molecule has 57 valence electrons. The van der Waals surface area contributed by atoms with Crippen LogP contribution in [0.5, 0.6) is 0 Å². The highest BCUT2D eigenvalue weighted by molar-refractivity contribution is 5.00. The highest BCUT2D eigenvalue weighted by atomic mass is 16.5. The van der Waals surface area contributed by atoms with Crippen molar-refractivity contribution in [3.63, 3.8) is 0 Å². The fourth-order valence-electron chi connectivity index (χ4n) is 1.80. The van der Waals surface area contributed by atoms with Gasteiger partial charge in [-0.1, -0.05) is 0 Å². The third-order valence-electron chi connectivity index (χ3n) is 2.44. The van der Waals surface area contributed by atoms with Crippen molar-refractivity contribution < 1.29 is 4.74 Å². The molecule has 0 aromatic carbocycles. The van der Waals surface area contributed by atoms with Crippen LogP contribution in [0.15, 0.2) is 0 Å². The van der Waals surface area contributed by atoms with E-state index in [4.69, 9.17) is 4.74 Å². The van der Waals surface area contributed by atoms with Crippen LogP contribution < -0.4 is 5.32 Å². The van der Waals surface area contributed by atoms with Gasteiger partial charge in [-0.25, -0.2) is 0 Å². The van der Waals surface area contributed by atoms with E-state index in [-0.39, 0.29) is 5.60 Å². The Labute approximate surface area is 61.9 Å². The van der Waals surface area contributed by atoms with Crippen molar-refractivity contribution in [2.24, 2.45) is 0 Å². The molecule has 0 bridgehead atoms. The van der Waals surface area contributed by atoms with Gasteiger partial charge in [-0.05, 0) is 32.2 Å². The standard InChI is InChI=1S/C8H14NO/c1-2-6-10-8(3-1)4-5-9-7-8/h7,9H,1-6H2. The molecule has 2 nitrogen and oxygen atoms in total. The zero-order chi connectivity index (χ0) is 6.86. The predicted molar refractivity (Wildman–Crippen MR) is 39.5 cm³/mol. The summed E-state index contributed by atoms with van der Waals surface area (Å²) in [7, 11) is 0. The first-order valence-corrected chi connectivity index (χ1v) is 4.13. The van der Waals surface area contributed by atoms with Crippen LogP contribution >= 0.6 is 0 Å². The molecule has 0 amide bonds. The van der Waals surface area contributed by atoms with Crippen molar-refractivity contribution in [3.8, 4) is 0 Å². The molecule has 10 heavy (non-hydrogen) atoms. The van der Waals surface area contributed by atoms with Crippen molar-refractivity contribution >= 4 is 0 Å². The Morgan fingerprint density at radius 1 is 1.30 bits per heavy atom. The maximum absolute atomic E-state index is 5.71. The topological polar surface area (TPSA) is 21.3 Å². The van der Waals surface area contributed by atoms with Gasteiger partial charge in [0.25, 0.3) is 0 Å². The Hall–Kier alpha value is -0.0800. The zero-order valence-corrected chi connectivity index (χ0v) is 6.23. The molecule has 1 atom stereocenters. The molecule has 2 fully saturated rings. The number of hydrogen-bond acceptors (Lipinski definition) is 2. The molecule has 0 aromatic heterocycles. The molecular formula is C8H14NO. The molecule has 1 N–H and O–H groups in total. The molecule has 2 saturated heterocycles. The van der Waals surface area contributed by atoms with Gasteiger partial charge in [-0.15, -0.1) is 0 Å². The van der Waals surface area contributed by atoms with Gasteiger partial charge in [-0.3, -0.25) is 0 Å². The molecule has 2 rings (SSSR count). The minimum Gasteiger partial charge on any atom is -0.373 e. The molecule has 1 unspecified atom stereocenters. The van der Waals surface area contributed by atoms with Gasteiger partial charge in [-0.2, -0.15) is 0 Å². The Bertz CT molecular complexity index is 110. The average molecular weight is 140 g/mol. The lowest BCUT2D eigenvalue weighted by Crippen LogP contribution is -2.34. The summed E-state index contributed by atoms with van der Waals surface area (Å²) in [5, 5.41) is 3.23. The monoisotopic (exact) mass is 140 g/mol. The first-order chi connectivity index (χ1) is 4.91. The van der Waals surface area contributed by atoms with Crippen molar-refractivity contribution in [1.29, 1.82) is 0 Å². The lowest BCUT2D eigenvalue weighted by molar-refractivity contribution is -0.0487. The number of ether oxygens (including phenoxy) is 1. The molecule has 1 radical (unpaired) electrons. The summed E-state index contributed by atoms with van der Waals surface area (Å²) in [6, 6.07) is 0. The fraction of sp³-hybridized carbons (Fsp3) is 0.875. The normalized spacial score (nSPS) is 40.8. The van der Waals surface area contributed by atoms with E-state index in [1.54, 1.807) is 0 Å². The first-order valence-electron chi connectivity index (χ1n) is 4.13. The van der Waals surface area contributed by atoms with E-state index >= 15 is 0 Å². The summed E-state index contributed by atoms with van der Waals surface area (Å²) >= 11 is 0. The minimum atomic E-state index is 0.137. The highest BCUT2D eigenvalue weighted by Gasteiger charge is 2.36. The van der Waals surface area contributed by atoms with E-state index in [9.17, 15) is 0 Å². The molecule has 1 spiro atoms. The van der Waals surface area contributed by atoms with Crippen LogP contribution in [-0.2, 0) is 4.74 Å².